The van der Waals surface area contributed by atoms with Crippen molar-refractivity contribution in [1.29, 1.82) is 0 Å². The van der Waals surface area contributed by atoms with Crippen LogP contribution in [0.3, 0.4) is 0 Å². The van der Waals surface area contributed by atoms with Gasteiger partial charge in [0.1, 0.15) is 0 Å². The minimum Gasteiger partial charge on any atom is -0.658 e. The second-order valence-corrected chi connectivity index (χ2v) is 17.9. The summed E-state index contributed by atoms with van der Waals surface area (Å²) < 4.78 is 0. The molecule has 11 heteroatoms. The van der Waals surface area contributed by atoms with E-state index in [4.69, 9.17) is 29.9 Å². The molecule has 0 unspecified atom stereocenters. The van der Waals surface area contributed by atoms with Crippen molar-refractivity contribution in [3.8, 4) is 11.1 Å². The molecule has 7 aromatic rings. The minimum absolute atomic E-state index is 0. The van der Waals surface area contributed by atoms with E-state index in [0.29, 0.717) is 0 Å². The summed E-state index contributed by atoms with van der Waals surface area (Å²) in [4.78, 5) is 38.7. The van der Waals surface area contributed by atoms with Crippen LogP contribution in [0.15, 0.2) is 103 Å². The zero-order valence-corrected chi connectivity index (χ0v) is 48.6. The summed E-state index contributed by atoms with van der Waals surface area (Å²) in [5, 5.41) is 0. The summed E-state index contributed by atoms with van der Waals surface area (Å²) in [6.07, 6.45) is 9.94. The van der Waals surface area contributed by atoms with Crippen molar-refractivity contribution in [3.63, 3.8) is 0 Å². The monoisotopic (exact) mass is 1020 g/mol. The molecule has 10 heterocycles. The second kappa shape index (κ2) is 20.4. The minimum atomic E-state index is -0.0484. The average Bonchev–Trinajstić information content (AvgIpc) is 4.04. The summed E-state index contributed by atoms with van der Waals surface area (Å²) in [7, 11) is 0. The van der Waals surface area contributed by atoms with E-state index < -0.39 is 0 Å². The van der Waals surface area contributed by atoms with E-state index in [2.05, 4.69) is 125 Å². The Morgan fingerprint density at radius 3 is 1.26 bits per heavy atom. The number of nitrogens with zero attached hydrogens (tertiary/aromatic N) is 8. The van der Waals surface area contributed by atoms with Crippen LogP contribution in [-0.4, -0.2) is 19.9 Å². The third-order valence-corrected chi connectivity index (χ3v) is 11.7. The number of hydrogen-bond donors (Lipinski definition) is 0. The molecule has 8 nitrogen and oxygen atoms in total. The molecule has 11 rings (SSSR count). The largest absolute Gasteiger partial charge is 2.00 e. The Balaban J connectivity index is 0.000000238. The third kappa shape index (κ3) is 10.8. The van der Waals surface area contributed by atoms with Crippen molar-refractivity contribution < 1.29 is 58.4 Å². The molecule has 318 valence electrons. The topological polar surface area (TPSA) is 108 Å². The Morgan fingerprint density at radius 1 is 0.409 bits per heavy atom. The zero-order valence-electron chi connectivity index (χ0n) is 39.7. The van der Waals surface area contributed by atoms with Crippen LogP contribution >= 0.6 is 0 Å². The standard InChI is InChI=1S/C31H28N4.C22H18N4.2CH3.3Zn/c1-18-12-19(2)29(20(3)13-18)30-26-10-8-22(33-26)14-21-6-7-24(32-21)16-28-31(4,5)17-25(35-28)15-23-9-11-27(30)34-23;1-22(2)13-20-11-18-6-5-16(24-18)9-14-3-4-15(23-14)10-17-7-8-19(25-17)12-21(22)26-20;;;;;/h6-16H,17H2,1-5H3;3-12H,13H2,1-2H3;2*1H3;;;/q2*-2;2*-1;3*+2. The van der Waals surface area contributed by atoms with Crippen molar-refractivity contribution in [1.82, 2.24) is 39.9 Å². The van der Waals surface area contributed by atoms with Crippen LogP contribution in [0.4, 0.5) is 0 Å². The van der Waals surface area contributed by atoms with Gasteiger partial charge >= 0.3 is 58.4 Å². The van der Waals surface area contributed by atoms with Gasteiger partial charge in [-0.15, -0.1) is 44.1 Å². The van der Waals surface area contributed by atoms with Crippen molar-refractivity contribution in [2.24, 2.45) is 0 Å². The number of rotatable bonds is 1. The second-order valence-electron chi connectivity index (χ2n) is 17.9. The van der Waals surface area contributed by atoms with Gasteiger partial charge in [-0.2, -0.15) is 0 Å². The van der Waals surface area contributed by atoms with Crippen LogP contribution in [0.2, 0.25) is 0 Å². The molecule has 16 bridgehead atoms. The SMILES string of the molecule is CC1(C)Cc2cc3ccc(cc4nc(cc5ccc(cc1n2)[n-]5)C=C4)[n-]3.Cc1cc(C)c(-c2c3nc(cc4ccc(cc5nc(cc6ccc2[n-]6)CC5(C)C)[n-]4)C=C3)c(C)c1.[CH3-].[CH3-].[Zn+2].[Zn+2].[Zn+2]. The third-order valence-electron chi connectivity index (χ3n) is 11.7. The van der Waals surface area contributed by atoms with Gasteiger partial charge in [-0.25, -0.2) is 9.97 Å². The molecule has 0 saturated carbocycles. The maximum absolute atomic E-state index is 5.06. The van der Waals surface area contributed by atoms with Crippen molar-refractivity contribution in [2.45, 2.75) is 72.1 Å². The normalized spacial score (nSPS) is 13.7. The predicted molar refractivity (Wildman–Crippen MR) is 262 cm³/mol. The molecule has 1 aromatic carbocycles. The Kier molecular flexibility index (Phi) is 16.0. The predicted octanol–water partition coefficient (Wildman–Crippen LogP) is 12.0. The Bertz CT molecular complexity index is 3300. The fourth-order valence-electron chi connectivity index (χ4n) is 8.85. The van der Waals surface area contributed by atoms with Crippen LogP contribution in [0.25, 0.3) is 79.6 Å². The fraction of sp³-hybridized carbons (Fsp3) is 0.200. The maximum Gasteiger partial charge on any atom is 2.00 e. The van der Waals surface area contributed by atoms with Crippen LogP contribution in [0.5, 0.6) is 0 Å². The average molecular weight is 1020 g/mol. The molecule has 0 aliphatic carbocycles. The van der Waals surface area contributed by atoms with Crippen LogP contribution in [0, 0.1) is 35.6 Å². The van der Waals surface area contributed by atoms with E-state index in [0.717, 1.165) is 108 Å². The number of hydrogen-bond acceptors (Lipinski definition) is 4. The van der Waals surface area contributed by atoms with Crippen molar-refractivity contribution in [2.75, 3.05) is 0 Å². The van der Waals surface area contributed by atoms with Gasteiger partial charge in [-0.3, -0.25) is 9.97 Å². The molecule has 0 radical (unpaired) electrons. The molecule has 0 saturated heterocycles. The Labute approximate surface area is 427 Å². The Morgan fingerprint density at radius 2 is 0.788 bits per heavy atom. The van der Waals surface area contributed by atoms with E-state index >= 15 is 0 Å². The maximum atomic E-state index is 5.06. The van der Waals surface area contributed by atoms with Crippen LogP contribution in [-0.2, 0) is 82.1 Å². The van der Waals surface area contributed by atoms with Gasteiger partial charge in [-0.05, 0) is 67.3 Å². The van der Waals surface area contributed by atoms with Gasteiger partial charge in [0, 0.05) is 46.4 Å². The summed E-state index contributed by atoms with van der Waals surface area (Å²) in [6.45, 7) is 15.4. The number of aryl methyl sites for hydroxylation is 3. The molecular weight excluding hydrogens is 969 g/mol. The molecule has 66 heavy (non-hydrogen) atoms. The molecule has 0 atom stereocenters. The first-order chi connectivity index (χ1) is 29.3. The Hall–Kier alpha value is -5.19. The van der Waals surface area contributed by atoms with Gasteiger partial charge in [-0.1, -0.05) is 136 Å². The fourth-order valence-corrected chi connectivity index (χ4v) is 8.85. The van der Waals surface area contributed by atoms with E-state index in [1.165, 1.54) is 22.3 Å². The molecule has 0 fully saturated rings. The number of fused-ring (bicyclic) bond motifs is 16. The van der Waals surface area contributed by atoms with Crippen molar-refractivity contribution >= 4 is 68.4 Å². The first-order valence-electron chi connectivity index (χ1n) is 20.9. The first kappa shape index (κ1) is 51.8. The van der Waals surface area contributed by atoms with E-state index in [-0.39, 0.29) is 84.1 Å². The molecule has 4 aliphatic rings. The number of aromatic nitrogens is 8. The van der Waals surface area contributed by atoms with Crippen LogP contribution < -0.4 is 19.9 Å². The summed E-state index contributed by atoms with van der Waals surface area (Å²) in [5.74, 6) is 0. The molecule has 0 N–H and O–H groups in total. The van der Waals surface area contributed by atoms with E-state index in [9.17, 15) is 0 Å². The summed E-state index contributed by atoms with van der Waals surface area (Å²) >= 11 is 0. The number of benzene rings is 1. The quantitative estimate of drug-likeness (QED) is 0.118. The molecular formula is C55H52N8Zn3. The van der Waals surface area contributed by atoms with Gasteiger partial charge in [0.25, 0.3) is 0 Å². The van der Waals surface area contributed by atoms with Crippen molar-refractivity contribution in [3.05, 3.63) is 180 Å². The molecule has 0 amide bonds. The van der Waals surface area contributed by atoms with Gasteiger partial charge in [0.2, 0.25) is 0 Å². The summed E-state index contributed by atoms with van der Waals surface area (Å²) in [6, 6.07) is 35.3. The molecule has 6 aromatic heterocycles. The first-order valence-corrected chi connectivity index (χ1v) is 20.9. The molecule has 0 spiro atoms. The zero-order chi connectivity index (χ0) is 42.0. The van der Waals surface area contributed by atoms with Gasteiger partial charge in [0.15, 0.2) is 0 Å². The smallest absolute Gasteiger partial charge is 0.658 e. The van der Waals surface area contributed by atoms with E-state index in [1.54, 1.807) is 0 Å². The molecule has 4 aliphatic heterocycles. The summed E-state index contributed by atoms with van der Waals surface area (Å²) in [5.41, 5.74) is 21.2. The van der Waals surface area contributed by atoms with Crippen LogP contribution in [0.1, 0.15) is 89.9 Å². The van der Waals surface area contributed by atoms with Gasteiger partial charge in [0.05, 0.1) is 22.8 Å². The van der Waals surface area contributed by atoms with E-state index in [1.807, 2.05) is 60.7 Å². The van der Waals surface area contributed by atoms with Gasteiger partial charge < -0.3 is 34.8 Å².